The van der Waals surface area contributed by atoms with Crippen molar-refractivity contribution in [3.05, 3.63) is 29.3 Å². The molecule has 28 heavy (non-hydrogen) atoms. The lowest BCUT2D eigenvalue weighted by atomic mass is 9.88. The number of ether oxygens (including phenoxy) is 2. The van der Waals surface area contributed by atoms with Crippen molar-refractivity contribution in [3.63, 3.8) is 0 Å². The van der Waals surface area contributed by atoms with Gasteiger partial charge in [-0.15, -0.1) is 0 Å². The van der Waals surface area contributed by atoms with E-state index in [9.17, 15) is 0 Å². The highest BCUT2D eigenvalue weighted by Crippen LogP contribution is 2.30. The van der Waals surface area contributed by atoms with E-state index in [-0.39, 0.29) is 5.54 Å². The summed E-state index contributed by atoms with van der Waals surface area (Å²) < 4.78 is 11.5. The predicted molar refractivity (Wildman–Crippen MR) is 115 cm³/mol. The molecule has 2 fully saturated rings. The van der Waals surface area contributed by atoms with Gasteiger partial charge in [0.25, 0.3) is 0 Å². The zero-order chi connectivity index (χ0) is 19.8. The van der Waals surface area contributed by atoms with E-state index in [1.54, 1.807) is 0 Å². The van der Waals surface area contributed by atoms with Gasteiger partial charge in [-0.3, -0.25) is 9.89 Å². The third kappa shape index (κ3) is 5.52. The minimum absolute atomic E-state index is 0.186. The van der Waals surface area contributed by atoms with E-state index in [4.69, 9.17) is 21.1 Å². The number of hydrogen-bond donors (Lipinski definition) is 1. The topological polar surface area (TPSA) is 49.3 Å². The summed E-state index contributed by atoms with van der Waals surface area (Å²) in [5, 5.41) is 4.34. The van der Waals surface area contributed by atoms with E-state index in [2.05, 4.69) is 20.1 Å². The van der Waals surface area contributed by atoms with E-state index in [1.165, 1.54) is 25.9 Å². The van der Waals surface area contributed by atoms with Crippen molar-refractivity contribution in [3.8, 4) is 5.75 Å². The summed E-state index contributed by atoms with van der Waals surface area (Å²) in [4.78, 5) is 9.26. The molecule has 1 aromatic carbocycles. The van der Waals surface area contributed by atoms with Gasteiger partial charge in [-0.25, -0.2) is 0 Å². The van der Waals surface area contributed by atoms with Gasteiger partial charge in [0.05, 0.1) is 6.54 Å². The van der Waals surface area contributed by atoms with Crippen molar-refractivity contribution < 1.29 is 9.47 Å². The molecule has 1 N–H and O–H groups in total. The molecule has 0 saturated carbocycles. The van der Waals surface area contributed by atoms with Crippen molar-refractivity contribution in [1.29, 1.82) is 0 Å². The Balaban J connectivity index is 1.50. The van der Waals surface area contributed by atoms with E-state index in [1.807, 2.05) is 38.4 Å². The molecule has 0 unspecified atom stereocenters. The number of likely N-dealkylation sites (N-methyl/N-ethyl adjacent to an activating group) is 1. The van der Waals surface area contributed by atoms with Crippen LogP contribution < -0.4 is 10.1 Å². The first kappa shape index (κ1) is 21.2. The van der Waals surface area contributed by atoms with Crippen molar-refractivity contribution in [2.24, 2.45) is 4.99 Å². The van der Waals surface area contributed by atoms with Crippen LogP contribution in [0.1, 0.15) is 25.7 Å². The average molecular weight is 409 g/mol. The number of halogens is 1. The van der Waals surface area contributed by atoms with Crippen LogP contribution in [-0.2, 0) is 4.74 Å². The summed E-state index contributed by atoms with van der Waals surface area (Å²) in [6.07, 6.45) is 4.78. The van der Waals surface area contributed by atoms with Crippen LogP contribution in [0.25, 0.3) is 0 Å². The first-order valence-electron chi connectivity index (χ1n) is 10.3. The smallest absolute Gasteiger partial charge is 0.193 e. The lowest BCUT2D eigenvalue weighted by Gasteiger charge is -2.45. The molecule has 2 heterocycles. The van der Waals surface area contributed by atoms with Gasteiger partial charge in [0.15, 0.2) is 5.96 Å². The fourth-order valence-corrected chi connectivity index (χ4v) is 4.24. The third-order valence-electron chi connectivity index (χ3n) is 5.86. The molecule has 0 aromatic heterocycles. The second-order valence-electron chi connectivity index (χ2n) is 7.66. The highest BCUT2D eigenvalue weighted by Gasteiger charge is 2.39. The van der Waals surface area contributed by atoms with E-state index >= 15 is 0 Å². The maximum atomic E-state index is 5.91. The van der Waals surface area contributed by atoms with Gasteiger partial charge in [-0.1, -0.05) is 11.6 Å². The molecule has 3 rings (SSSR count). The van der Waals surface area contributed by atoms with Crippen LogP contribution in [0.3, 0.4) is 0 Å². The van der Waals surface area contributed by atoms with Crippen LogP contribution in [0, 0.1) is 0 Å². The molecule has 156 valence electrons. The van der Waals surface area contributed by atoms with E-state index < -0.39 is 0 Å². The standard InChI is InChI=1S/C21H33ClN4O2/c1-23-20(25(2)13-16-28-19-7-5-18(22)6-8-19)24-17-21(9-14-27-15-10-21)26-11-3-4-12-26/h5-8H,3-4,9-17H2,1-2H3,(H,23,24). The number of benzene rings is 1. The van der Waals surface area contributed by atoms with Crippen LogP contribution in [0.4, 0.5) is 0 Å². The quantitative estimate of drug-likeness (QED) is 0.555. The van der Waals surface area contributed by atoms with Gasteiger partial charge in [0.2, 0.25) is 0 Å². The number of guanidine groups is 1. The molecular formula is C21H33ClN4O2. The number of hydrogen-bond acceptors (Lipinski definition) is 4. The van der Waals surface area contributed by atoms with Crippen molar-refractivity contribution in [2.75, 3.05) is 60.1 Å². The van der Waals surface area contributed by atoms with Gasteiger partial charge in [-0.05, 0) is 63.0 Å². The van der Waals surface area contributed by atoms with Gasteiger partial charge in [-0.2, -0.15) is 0 Å². The zero-order valence-electron chi connectivity index (χ0n) is 17.1. The average Bonchev–Trinajstić information content (AvgIpc) is 3.26. The maximum Gasteiger partial charge on any atom is 0.193 e. The molecule has 0 aliphatic carbocycles. The summed E-state index contributed by atoms with van der Waals surface area (Å²) in [5.41, 5.74) is 0.186. The Hall–Kier alpha value is -1.50. The second kappa shape index (κ2) is 10.3. The molecule has 2 saturated heterocycles. The van der Waals surface area contributed by atoms with Crippen LogP contribution in [0.2, 0.25) is 5.02 Å². The predicted octanol–water partition coefficient (Wildman–Crippen LogP) is 2.87. The van der Waals surface area contributed by atoms with Crippen LogP contribution >= 0.6 is 11.6 Å². The van der Waals surface area contributed by atoms with Crippen molar-refractivity contribution in [2.45, 2.75) is 31.2 Å². The molecule has 0 amide bonds. The minimum Gasteiger partial charge on any atom is -0.492 e. The SMILES string of the molecule is CN=C(NCC1(N2CCCC2)CCOCC1)N(C)CCOc1ccc(Cl)cc1. The zero-order valence-corrected chi connectivity index (χ0v) is 17.9. The Morgan fingerprint density at radius 1 is 1.25 bits per heavy atom. The highest BCUT2D eigenvalue weighted by atomic mass is 35.5. The molecule has 2 aliphatic heterocycles. The number of nitrogens with zero attached hydrogens (tertiary/aromatic N) is 3. The van der Waals surface area contributed by atoms with Gasteiger partial charge in [0, 0.05) is 44.4 Å². The molecule has 7 heteroatoms. The Morgan fingerprint density at radius 2 is 1.93 bits per heavy atom. The number of aliphatic imine (C=N–C) groups is 1. The molecule has 0 bridgehead atoms. The largest absolute Gasteiger partial charge is 0.492 e. The Labute approximate surface area is 173 Å². The number of likely N-dealkylation sites (tertiary alicyclic amines) is 1. The third-order valence-corrected chi connectivity index (χ3v) is 6.11. The molecule has 2 aliphatic rings. The van der Waals surface area contributed by atoms with Crippen molar-refractivity contribution >= 4 is 17.6 Å². The normalized spacial score (nSPS) is 20.2. The molecule has 0 spiro atoms. The van der Waals surface area contributed by atoms with E-state index in [0.717, 1.165) is 50.9 Å². The highest BCUT2D eigenvalue weighted by molar-refractivity contribution is 6.30. The fourth-order valence-electron chi connectivity index (χ4n) is 4.11. The van der Waals surface area contributed by atoms with Gasteiger partial charge >= 0.3 is 0 Å². The van der Waals surface area contributed by atoms with E-state index in [0.29, 0.717) is 11.6 Å². The number of nitrogens with one attached hydrogen (secondary N) is 1. The summed E-state index contributed by atoms with van der Waals surface area (Å²) >= 11 is 5.91. The summed E-state index contributed by atoms with van der Waals surface area (Å²) in [6.45, 7) is 6.34. The summed E-state index contributed by atoms with van der Waals surface area (Å²) in [5.74, 6) is 1.74. The molecule has 6 nitrogen and oxygen atoms in total. The molecule has 0 radical (unpaired) electrons. The molecular weight excluding hydrogens is 376 g/mol. The van der Waals surface area contributed by atoms with Crippen LogP contribution in [0.5, 0.6) is 5.75 Å². The Bertz CT molecular complexity index is 626. The fraction of sp³-hybridized carbons (Fsp3) is 0.667. The monoisotopic (exact) mass is 408 g/mol. The number of rotatable bonds is 7. The van der Waals surface area contributed by atoms with Gasteiger partial charge in [0.1, 0.15) is 12.4 Å². The summed E-state index contributed by atoms with van der Waals surface area (Å²) in [7, 11) is 3.89. The first-order chi connectivity index (χ1) is 13.6. The van der Waals surface area contributed by atoms with Crippen molar-refractivity contribution in [1.82, 2.24) is 15.1 Å². The first-order valence-corrected chi connectivity index (χ1v) is 10.6. The Morgan fingerprint density at radius 3 is 2.57 bits per heavy atom. The minimum atomic E-state index is 0.186. The lowest BCUT2D eigenvalue weighted by Crippen LogP contribution is -2.58. The maximum absolute atomic E-state index is 5.91. The molecule has 1 aromatic rings. The Kier molecular flexibility index (Phi) is 7.82. The second-order valence-corrected chi connectivity index (χ2v) is 8.09. The van der Waals surface area contributed by atoms with Gasteiger partial charge < -0.3 is 19.7 Å². The lowest BCUT2D eigenvalue weighted by molar-refractivity contribution is -0.0166. The molecule has 0 atom stereocenters. The summed E-state index contributed by atoms with van der Waals surface area (Å²) in [6, 6.07) is 7.46. The van der Waals surface area contributed by atoms with Crippen LogP contribution in [-0.4, -0.2) is 81.4 Å². The van der Waals surface area contributed by atoms with Crippen LogP contribution in [0.15, 0.2) is 29.3 Å².